The fourth-order valence-electron chi connectivity index (χ4n) is 2.25. The van der Waals surface area contributed by atoms with Gasteiger partial charge in [0.2, 0.25) is 0 Å². The maximum absolute atomic E-state index is 12.0. The number of carbonyl (C=O) groups is 1. The summed E-state index contributed by atoms with van der Waals surface area (Å²) in [7, 11) is 0. The van der Waals surface area contributed by atoms with E-state index in [4.69, 9.17) is 10.5 Å². The fraction of sp³-hybridized carbons (Fsp3) is 0.692. The zero-order valence-corrected chi connectivity index (χ0v) is 11.5. The smallest absolute Gasteiger partial charge is 0.273 e. The second-order valence-electron chi connectivity index (χ2n) is 5.32. The van der Waals surface area contributed by atoms with Crippen molar-refractivity contribution in [2.24, 2.45) is 5.92 Å². The zero-order chi connectivity index (χ0) is 13.8. The Bertz CT molecular complexity index is 436. The van der Waals surface area contributed by atoms with E-state index >= 15 is 0 Å². The number of rotatable bonds is 4. The van der Waals surface area contributed by atoms with Gasteiger partial charge >= 0.3 is 0 Å². The number of nitrogens with two attached hydrogens (primary N) is 1. The highest BCUT2D eigenvalue weighted by molar-refractivity contribution is 5.97. The van der Waals surface area contributed by atoms with Crippen LogP contribution in [0.15, 0.2) is 0 Å². The van der Waals surface area contributed by atoms with Crippen LogP contribution in [-0.4, -0.2) is 35.9 Å². The predicted octanol–water partition coefficient (Wildman–Crippen LogP) is 1.27. The zero-order valence-electron chi connectivity index (χ0n) is 11.5. The quantitative estimate of drug-likeness (QED) is 0.765. The summed E-state index contributed by atoms with van der Waals surface area (Å²) in [4.78, 5) is 12.0. The Hall–Kier alpha value is -1.56. The van der Waals surface area contributed by atoms with Gasteiger partial charge in [0.1, 0.15) is 0 Å². The van der Waals surface area contributed by atoms with Crippen LogP contribution in [0.25, 0.3) is 0 Å². The lowest BCUT2D eigenvalue weighted by atomic mass is 10.0. The lowest BCUT2D eigenvalue weighted by Crippen LogP contribution is -2.32. The molecule has 6 heteroatoms. The summed E-state index contributed by atoms with van der Waals surface area (Å²) in [5.74, 6) is 0.513. The Balaban J connectivity index is 1.92. The summed E-state index contributed by atoms with van der Waals surface area (Å²) in [6.45, 7) is 6.23. The van der Waals surface area contributed by atoms with Gasteiger partial charge in [-0.25, -0.2) is 0 Å². The van der Waals surface area contributed by atoms with Gasteiger partial charge in [-0.05, 0) is 24.7 Å². The van der Waals surface area contributed by atoms with Crippen molar-refractivity contribution >= 4 is 11.6 Å². The van der Waals surface area contributed by atoms with Gasteiger partial charge in [-0.15, -0.1) is 0 Å². The fourth-order valence-corrected chi connectivity index (χ4v) is 2.25. The van der Waals surface area contributed by atoms with Crippen LogP contribution in [0.3, 0.4) is 0 Å². The van der Waals surface area contributed by atoms with Gasteiger partial charge < -0.3 is 15.8 Å². The second kappa shape index (κ2) is 6.06. The van der Waals surface area contributed by atoms with Crippen molar-refractivity contribution in [3.8, 4) is 0 Å². The topological polar surface area (TPSA) is 93.0 Å². The summed E-state index contributed by atoms with van der Waals surface area (Å²) in [5.41, 5.74) is 7.51. The maximum Gasteiger partial charge on any atom is 0.273 e. The standard InChI is InChI=1S/C13H22N4O2/c1-8(2)11-10(14)12(17-16-11)13(18)15-7-9-3-5-19-6-4-9/h8-9H,3-7,14H2,1-2H3,(H,15,18)(H,16,17). The predicted molar refractivity (Wildman–Crippen MR) is 73.0 cm³/mol. The molecule has 0 aromatic carbocycles. The van der Waals surface area contributed by atoms with Crippen LogP contribution in [0, 0.1) is 5.92 Å². The highest BCUT2D eigenvalue weighted by atomic mass is 16.5. The lowest BCUT2D eigenvalue weighted by molar-refractivity contribution is 0.0642. The van der Waals surface area contributed by atoms with Crippen LogP contribution >= 0.6 is 0 Å². The first kappa shape index (κ1) is 13.9. The average molecular weight is 266 g/mol. The van der Waals surface area contributed by atoms with Crippen molar-refractivity contribution in [2.75, 3.05) is 25.5 Å². The van der Waals surface area contributed by atoms with E-state index in [9.17, 15) is 4.79 Å². The van der Waals surface area contributed by atoms with E-state index < -0.39 is 0 Å². The van der Waals surface area contributed by atoms with Crippen LogP contribution < -0.4 is 11.1 Å². The number of hydrogen-bond donors (Lipinski definition) is 3. The highest BCUT2D eigenvalue weighted by Crippen LogP contribution is 2.22. The second-order valence-corrected chi connectivity index (χ2v) is 5.32. The molecule has 0 aliphatic carbocycles. The van der Waals surface area contributed by atoms with E-state index in [0.29, 0.717) is 23.8 Å². The number of nitrogens with zero attached hydrogens (tertiary/aromatic N) is 1. The van der Waals surface area contributed by atoms with Gasteiger partial charge in [0, 0.05) is 19.8 Å². The van der Waals surface area contributed by atoms with Crippen LogP contribution in [0.2, 0.25) is 0 Å². The van der Waals surface area contributed by atoms with E-state index in [1.165, 1.54) is 0 Å². The molecule has 6 nitrogen and oxygen atoms in total. The van der Waals surface area contributed by atoms with E-state index in [2.05, 4.69) is 15.5 Å². The van der Waals surface area contributed by atoms with E-state index in [-0.39, 0.29) is 11.8 Å². The summed E-state index contributed by atoms with van der Waals surface area (Å²) >= 11 is 0. The molecule has 0 saturated carbocycles. The van der Waals surface area contributed by atoms with Crippen molar-refractivity contribution in [3.63, 3.8) is 0 Å². The SMILES string of the molecule is CC(C)c1[nH]nc(C(=O)NCC2CCOCC2)c1N. The number of anilines is 1. The Labute approximate surface area is 113 Å². The molecule has 1 fully saturated rings. The van der Waals surface area contributed by atoms with Gasteiger partial charge in [0.05, 0.1) is 11.4 Å². The first-order valence-electron chi connectivity index (χ1n) is 6.79. The first-order chi connectivity index (χ1) is 9.09. The monoisotopic (exact) mass is 266 g/mol. The number of aromatic nitrogens is 2. The van der Waals surface area contributed by atoms with Gasteiger partial charge in [0.15, 0.2) is 5.69 Å². The summed E-state index contributed by atoms with van der Waals surface area (Å²) in [5, 5.41) is 9.76. The molecule has 1 aliphatic rings. The molecule has 4 N–H and O–H groups in total. The van der Waals surface area contributed by atoms with E-state index in [1.54, 1.807) is 0 Å². The molecule has 1 aliphatic heterocycles. The molecule has 2 heterocycles. The minimum Gasteiger partial charge on any atom is -0.395 e. The minimum absolute atomic E-state index is 0.202. The number of aromatic amines is 1. The first-order valence-corrected chi connectivity index (χ1v) is 6.79. The average Bonchev–Trinajstić information content (AvgIpc) is 2.79. The molecule has 106 valence electrons. The normalized spacial score (nSPS) is 16.8. The number of carbonyl (C=O) groups excluding carboxylic acids is 1. The maximum atomic E-state index is 12.0. The molecule has 0 radical (unpaired) electrons. The number of nitrogens with one attached hydrogen (secondary N) is 2. The number of H-pyrrole nitrogens is 1. The van der Waals surface area contributed by atoms with Crippen LogP contribution in [0.1, 0.15) is 48.8 Å². The molecule has 1 amide bonds. The molecular formula is C13H22N4O2. The van der Waals surface area contributed by atoms with Crippen LogP contribution in [-0.2, 0) is 4.74 Å². The van der Waals surface area contributed by atoms with Gasteiger partial charge in [0.25, 0.3) is 5.91 Å². The number of nitrogen functional groups attached to an aromatic ring is 1. The van der Waals surface area contributed by atoms with E-state index in [1.807, 2.05) is 13.8 Å². The molecule has 0 bridgehead atoms. The largest absolute Gasteiger partial charge is 0.395 e. The van der Waals surface area contributed by atoms with E-state index in [0.717, 1.165) is 31.7 Å². The number of hydrogen-bond acceptors (Lipinski definition) is 4. The Kier molecular flexibility index (Phi) is 4.42. The van der Waals surface area contributed by atoms with Gasteiger partial charge in [-0.1, -0.05) is 13.8 Å². The van der Waals surface area contributed by atoms with Crippen LogP contribution in [0.5, 0.6) is 0 Å². The van der Waals surface area contributed by atoms with Crippen molar-refractivity contribution < 1.29 is 9.53 Å². The minimum atomic E-state index is -0.202. The molecule has 0 spiro atoms. The molecule has 1 aromatic rings. The van der Waals surface area contributed by atoms with Crippen molar-refractivity contribution in [1.82, 2.24) is 15.5 Å². The molecule has 19 heavy (non-hydrogen) atoms. The molecular weight excluding hydrogens is 244 g/mol. The third-order valence-electron chi connectivity index (χ3n) is 3.52. The molecule has 1 aromatic heterocycles. The number of amides is 1. The highest BCUT2D eigenvalue weighted by Gasteiger charge is 2.20. The third kappa shape index (κ3) is 3.26. The third-order valence-corrected chi connectivity index (χ3v) is 3.52. The Morgan fingerprint density at radius 3 is 2.79 bits per heavy atom. The van der Waals surface area contributed by atoms with Gasteiger partial charge in [-0.3, -0.25) is 9.89 Å². The number of ether oxygens (including phenoxy) is 1. The lowest BCUT2D eigenvalue weighted by Gasteiger charge is -2.21. The van der Waals surface area contributed by atoms with Gasteiger partial charge in [-0.2, -0.15) is 5.10 Å². The Morgan fingerprint density at radius 1 is 1.53 bits per heavy atom. The molecule has 1 saturated heterocycles. The Morgan fingerprint density at radius 2 is 2.21 bits per heavy atom. The van der Waals surface area contributed by atoms with Crippen molar-refractivity contribution in [3.05, 3.63) is 11.4 Å². The van der Waals surface area contributed by atoms with Crippen molar-refractivity contribution in [2.45, 2.75) is 32.6 Å². The summed E-state index contributed by atoms with van der Waals surface area (Å²) in [6.07, 6.45) is 1.99. The van der Waals surface area contributed by atoms with Crippen LogP contribution in [0.4, 0.5) is 5.69 Å². The molecule has 0 unspecified atom stereocenters. The summed E-state index contributed by atoms with van der Waals surface area (Å²) in [6, 6.07) is 0. The summed E-state index contributed by atoms with van der Waals surface area (Å²) < 4.78 is 5.29. The molecule has 2 rings (SSSR count). The van der Waals surface area contributed by atoms with Crippen molar-refractivity contribution in [1.29, 1.82) is 0 Å². The molecule has 0 atom stereocenters.